The molecular formula is C15H20N2O. The van der Waals surface area contributed by atoms with Crippen molar-refractivity contribution in [3.63, 3.8) is 0 Å². The number of aliphatic hydroxyl groups is 1. The van der Waals surface area contributed by atoms with Crippen LogP contribution in [0.15, 0.2) is 24.3 Å². The molecule has 1 aromatic carbocycles. The minimum atomic E-state index is -0.412. The first kappa shape index (κ1) is 13.1. The molecule has 1 heterocycles. The molecule has 1 saturated heterocycles. The van der Waals surface area contributed by atoms with E-state index in [0.29, 0.717) is 0 Å². The van der Waals surface area contributed by atoms with Gasteiger partial charge in [0.15, 0.2) is 0 Å². The number of rotatable bonds is 3. The van der Waals surface area contributed by atoms with Crippen LogP contribution in [0, 0.1) is 11.3 Å². The molecule has 3 heteroatoms. The van der Waals surface area contributed by atoms with Crippen molar-refractivity contribution in [3.8, 4) is 6.07 Å². The highest BCUT2D eigenvalue weighted by Gasteiger charge is 2.37. The highest BCUT2D eigenvalue weighted by Crippen LogP contribution is 2.36. The van der Waals surface area contributed by atoms with Crippen molar-refractivity contribution in [1.29, 1.82) is 5.26 Å². The molecule has 0 bridgehead atoms. The molecule has 1 aliphatic heterocycles. The van der Waals surface area contributed by atoms with Crippen molar-refractivity contribution in [3.05, 3.63) is 35.4 Å². The van der Waals surface area contributed by atoms with Gasteiger partial charge >= 0.3 is 0 Å². The number of benzene rings is 1. The Bertz CT molecular complexity index is 442. The minimum absolute atomic E-state index is 0.0110. The van der Waals surface area contributed by atoms with Crippen molar-refractivity contribution >= 4 is 0 Å². The van der Waals surface area contributed by atoms with Crippen molar-refractivity contribution < 1.29 is 5.11 Å². The average molecular weight is 244 g/mol. The van der Waals surface area contributed by atoms with Crippen molar-refractivity contribution in [2.24, 2.45) is 0 Å². The molecule has 18 heavy (non-hydrogen) atoms. The standard InChI is InChI=1S/C15H20N2O/c1-2-17-9-7-15(12-16,8-10-17)14-6-4-3-5-13(14)11-18/h3-6,18H,2,7-11H2,1H3. The van der Waals surface area contributed by atoms with E-state index in [2.05, 4.69) is 17.9 Å². The SMILES string of the molecule is CCN1CCC(C#N)(c2ccccc2CO)CC1. The van der Waals surface area contributed by atoms with Crippen LogP contribution in [0.5, 0.6) is 0 Å². The largest absolute Gasteiger partial charge is 0.392 e. The summed E-state index contributed by atoms with van der Waals surface area (Å²) in [5.41, 5.74) is 1.50. The van der Waals surface area contributed by atoms with E-state index in [1.807, 2.05) is 24.3 Å². The van der Waals surface area contributed by atoms with Gasteiger partial charge in [0.1, 0.15) is 0 Å². The molecule has 1 N–H and O–H groups in total. The molecule has 1 fully saturated rings. The minimum Gasteiger partial charge on any atom is -0.392 e. The Morgan fingerprint density at radius 1 is 1.33 bits per heavy atom. The molecule has 96 valence electrons. The number of nitrogens with zero attached hydrogens (tertiary/aromatic N) is 2. The Morgan fingerprint density at radius 2 is 2.00 bits per heavy atom. The van der Waals surface area contributed by atoms with Gasteiger partial charge in [-0.05, 0) is 43.6 Å². The van der Waals surface area contributed by atoms with E-state index in [-0.39, 0.29) is 6.61 Å². The van der Waals surface area contributed by atoms with E-state index < -0.39 is 5.41 Å². The summed E-state index contributed by atoms with van der Waals surface area (Å²) in [4.78, 5) is 2.37. The summed E-state index contributed by atoms with van der Waals surface area (Å²) in [6, 6.07) is 10.3. The molecular weight excluding hydrogens is 224 g/mol. The fourth-order valence-corrected chi connectivity index (χ4v) is 2.82. The van der Waals surface area contributed by atoms with E-state index in [1.165, 1.54) is 0 Å². The van der Waals surface area contributed by atoms with Gasteiger partial charge in [-0.1, -0.05) is 31.2 Å². The predicted molar refractivity (Wildman–Crippen MR) is 71.0 cm³/mol. The third kappa shape index (κ3) is 2.27. The second kappa shape index (κ2) is 5.51. The number of hydrogen-bond acceptors (Lipinski definition) is 3. The monoisotopic (exact) mass is 244 g/mol. The van der Waals surface area contributed by atoms with E-state index >= 15 is 0 Å². The molecule has 0 atom stereocenters. The molecule has 2 rings (SSSR count). The van der Waals surface area contributed by atoms with Gasteiger partial charge < -0.3 is 10.0 Å². The fraction of sp³-hybridized carbons (Fsp3) is 0.533. The Kier molecular flexibility index (Phi) is 4.00. The second-order valence-electron chi connectivity index (χ2n) is 4.94. The van der Waals surface area contributed by atoms with Gasteiger partial charge in [0.25, 0.3) is 0 Å². The summed E-state index contributed by atoms with van der Waals surface area (Å²) in [7, 11) is 0. The van der Waals surface area contributed by atoms with Gasteiger partial charge in [0.2, 0.25) is 0 Å². The average Bonchev–Trinajstić information content (AvgIpc) is 2.47. The molecule has 0 radical (unpaired) electrons. The quantitative estimate of drug-likeness (QED) is 0.885. The lowest BCUT2D eigenvalue weighted by molar-refractivity contribution is 0.192. The third-order valence-electron chi connectivity index (χ3n) is 4.07. The Balaban J connectivity index is 2.31. The molecule has 0 aromatic heterocycles. The van der Waals surface area contributed by atoms with Gasteiger partial charge in [0, 0.05) is 0 Å². The molecule has 3 nitrogen and oxygen atoms in total. The van der Waals surface area contributed by atoms with Gasteiger partial charge in [-0.3, -0.25) is 0 Å². The van der Waals surface area contributed by atoms with Crippen molar-refractivity contribution in [1.82, 2.24) is 4.90 Å². The smallest absolute Gasteiger partial charge is 0.0850 e. The maximum absolute atomic E-state index is 9.62. The Labute approximate surface area is 109 Å². The van der Waals surface area contributed by atoms with Crippen LogP contribution < -0.4 is 0 Å². The lowest BCUT2D eigenvalue weighted by Crippen LogP contribution is -2.42. The van der Waals surface area contributed by atoms with Crippen LogP contribution in [0.3, 0.4) is 0 Å². The fourth-order valence-electron chi connectivity index (χ4n) is 2.82. The summed E-state index contributed by atoms with van der Waals surface area (Å²) >= 11 is 0. The van der Waals surface area contributed by atoms with Crippen LogP contribution >= 0.6 is 0 Å². The van der Waals surface area contributed by atoms with Gasteiger partial charge in [-0.25, -0.2) is 0 Å². The first-order valence-electron chi connectivity index (χ1n) is 6.58. The van der Waals surface area contributed by atoms with Crippen LogP contribution in [0.25, 0.3) is 0 Å². The maximum Gasteiger partial charge on any atom is 0.0850 e. The summed E-state index contributed by atoms with van der Waals surface area (Å²) < 4.78 is 0. The first-order chi connectivity index (χ1) is 8.75. The second-order valence-corrected chi connectivity index (χ2v) is 4.94. The van der Waals surface area contributed by atoms with Crippen LogP contribution in [-0.4, -0.2) is 29.6 Å². The molecule has 1 aromatic rings. The maximum atomic E-state index is 9.62. The summed E-state index contributed by atoms with van der Waals surface area (Å²) in [6.07, 6.45) is 1.71. The van der Waals surface area contributed by atoms with E-state index in [9.17, 15) is 10.4 Å². The number of aliphatic hydroxyl groups excluding tert-OH is 1. The Hall–Kier alpha value is -1.37. The first-order valence-corrected chi connectivity index (χ1v) is 6.58. The lowest BCUT2D eigenvalue weighted by Gasteiger charge is -2.38. The lowest BCUT2D eigenvalue weighted by atomic mass is 9.72. The van der Waals surface area contributed by atoms with Gasteiger partial charge in [-0.15, -0.1) is 0 Å². The summed E-state index contributed by atoms with van der Waals surface area (Å²) in [5.74, 6) is 0. The topological polar surface area (TPSA) is 47.3 Å². The zero-order valence-electron chi connectivity index (χ0n) is 10.9. The van der Waals surface area contributed by atoms with E-state index in [1.54, 1.807) is 0 Å². The highest BCUT2D eigenvalue weighted by atomic mass is 16.3. The highest BCUT2D eigenvalue weighted by molar-refractivity contribution is 5.39. The zero-order valence-corrected chi connectivity index (χ0v) is 10.9. The van der Waals surface area contributed by atoms with Gasteiger partial charge in [-0.2, -0.15) is 5.26 Å². The van der Waals surface area contributed by atoms with E-state index in [4.69, 9.17) is 0 Å². The van der Waals surface area contributed by atoms with Crippen molar-refractivity contribution in [2.75, 3.05) is 19.6 Å². The van der Waals surface area contributed by atoms with Crippen molar-refractivity contribution in [2.45, 2.75) is 31.8 Å². The third-order valence-corrected chi connectivity index (χ3v) is 4.07. The normalized spacial score (nSPS) is 19.4. The van der Waals surface area contributed by atoms with Crippen LogP contribution in [0.2, 0.25) is 0 Å². The zero-order chi connectivity index (χ0) is 13.0. The van der Waals surface area contributed by atoms with Crippen LogP contribution in [0.4, 0.5) is 0 Å². The molecule has 0 spiro atoms. The predicted octanol–water partition coefficient (Wildman–Crippen LogP) is 2.06. The molecule has 0 amide bonds. The van der Waals surface area contributed by atoms with Gasteiger partial charge in [0.05, 0.1) is 18.1 Å². The molecule has 0 saturated carbocycles. The van der Waals surface area contributed by atoms with Crippen LogP contribution in [-0.2, 0) is 12.0 Å². The number of piperidine rings is 1. The Morgan fingerprint density at radius 3 is 2.56 bits per heavy atom. The number of nitriles is 1. The molecule has 0 aliphatic carbocycles. The van der Waals surface area contributed by atoms with Crippen LogP contribution in [0.1, 0.15) is 30.9 Å². The van der Waals surface area contributed by atoms with E-state index in [0.717, 1.165) is 43.6 Å². The summed E-state index contributed by atoms with van der Waals surface area (Å²) in [6.45, 7) is 5.13. The number of likely N-dealkylation sites (tertiary alicyclic amines) is 1. The number of hydrogen-bond donors (Lipinski definition) is 1. The molecule has 1 aliphatic rings. The molecule has 0 unspecified atom stereocenters. The summed E-state index contributed by atoms with van der Waals surface area (Å²) in [5, 5.41) is 19.1.